The lowest BCUT2D eigenvalue weighted by atomic mass is 10.1. The summed E-state index contributed by atoms with van der Waals surface area (Å²) in [4.78, 5) is 33.2. The van der Waals surface area contributed by atoms with Crippen LogP contribution in [0.2, 0.25) is 0 Å². The van der Waals surface area contributed by atoms with E-state index in [0.717, 1.165) is 0 Å². The summed E-state index contributed by atoms with van der Waals surface area (Å²) in [6.07, 6.45) is 0.634. The topological polar surface area (TPSA) is 72.5 Å². The molecule has 17 heavy (non-hydrogen) atoms. The number of nitrogens with one attached hydrogen (secondary N) is 1. The molecular weight excluding hydrogens is 222 g/mol. The van der Waals surface area contributed by atoms with Gasteiger partial charge < -0.3 is 10.1 Å². The van der Waals surface area contributed by atoms with Gasteiger partial charge in [-0.15, -0.1) is 0 Å². The highest BCUT2D eigenvalue weighted by atomic mass is 16.5. The molecule has 0 unspecified atom stereocenters. The summed E-state index contributed by atoms with van der Waals surface area (Å²) in [7, 11) is 0. The van der Waals surface area contributed by atoms with Gasteiger partial charge in [-0.1, -0.05) is 0 Å². The summed E-state index contributed by atoms with van der Waals surface area (Å²) < 4.78 is 5.03. The van der Waals surface area contributed by atoms with Crippen molar-refractivity contribution in [3.63, 3.8) is 0 Å². The lowest BCUT2D eigenvalue weighted by Gasteiger charge is -2.19. The maximum Gasteiger partial charge on any atom is 0.291 e. The number of aldehydes is 1. The third kappa shape index (κ3) is 6.50. The van der Waals surface area contributed by atoms with E-state index in [4.69, 9.17) is 4.74 Å². The van der Waals surface area contributed by atoms with Gasteiger partial charge in [0.05, 0.1) is 5.76 Å². The Kier molecular flexibility index (Phi) is 5.58. The zero-order valence-electron chi connectivity index (χ0n) is 10.9. The molecule has 0 spiro atoms. The lowest BCUT2D eigenvalue weighted by Crippen LogP contribution is -2.45. The number of ether oxygens (including phenoxy) is 1. The summed E-state index contributed by atoms with van der Waals surface area (Å²) in [6, 6.07) is 0. The van der Waals surface area contributed by atoms with Crippen LogP contribution in [-0.4, -0.2) is 30.1 Å². The summed E-state index contributed by atoms with van der Waals surface area (Å²) in [5, 5.41) is 2.53. The zero-order valence-corrected chi connectivity index (χ0v) is 10.9. The Morgan fingerprint density at radius 2 is 1.76 bits per heavy atom. The second-order valence-electron chi connectivity index (χ2n) is 4.77. The molecular formula is C12H19NO4. The smallest absolute Gasteiger partial charge is 0.291 e. The molecule has 0 heterocycles. The summed E-state index contributed by atoms with van der Waals surface area (Å²) in [6.45, 7) is 8.11. The molecule has 1 amide bonds. The molecule has 0 atom stereocenters. The average molecular weight is 241 g/mol. The number of carbonyl (C=O) groups excluding carboxylic acids is 3. The molecule has 0 aromatic rings. The molecule has 0 radical (unpaired) electrons. The van der Waals surface area contributed by atoms with E-state index in [1.165, 1.54) is 0 Å². The lowest BCUT2D eigenvalue weighted by molar-refractivity contribution is -0.140. The van der Waals surface area contributed by atoms with Gasteiger partial charge in [-0.25, -0.2) is 0 Å². The molecule has 0 saturated carbocycles. The third-order valence-corrected chi connectivity index (χ3v) is 1.89. The second kappa shape index (κ2) is 6.18. The molecule has 1 N–H and O–H groups in total. The summed E-state index contributed by atoms with van der Waals surface area (Å²) in [5.41, 5.74) is -0.0647. The second-order valence-corrected chi connectivity index (χ2v) is 4.77. The van der Waals surface area contributed by atoms with Gasteiger partial charge in [-0.2, -0.15) is 0 Å². The molecule has 0 aliphatic carbocycles. The predicted molar refractivity (Wildman–Crippen MR) is 63.3 cm³/mol. The van der Waals surface area contributed by atoms with E-state index in [1.807, 2.05) is 0 Å². The van der Waals surface area contributed by atoms with Gasteiger partial charge in [0, 0.05) is 11.1 Å². The van der Waals surface area contributed by atoms with E-state index in [9.17, 15) is 14.4 Å². The number of hydrogen-bond acceptors (Lipinski definition) is 4. The molecule has 5 nitrogen and oxygen atoms in total. The Labute approximate surface area is 101 Å². The highest BCUT2D eigenvalue weighted by Gasteiger charge is 2.20. The molecule has 0 aliphatic rings. The van der Waals surface area contributed by atoms with Crippen LogP contribution in [-0.2, 0) is 19.1 Å². The molecule has 0 aliphatic heterocycles. The van der Waals surface area contributed by atoms with Crippen LogP contribution in [0.4, 0.5) is 0 Å². The third-order valence-electron chi connectivity index (χ3n) is 1.89. The van der Waals surface area contributed by atoms with Gasteiger partial charge >= 0.3 is 0 Å². The fraction of sp³-hybridized carbons (Fsp3) is 0.583. The largest absolute Gasteiger partial charge is 0.489 e. The predicted octanol–water partition coefficient (Wildman–Crippen LogP) is 0.980. The van der Waals surface area contributed by atoms with Gasteiger partial charge in [-0.3, -0.25) is 14.4 Å². The zero-order chi connectivity index (χ0) is 13.6. The van der Waals surface area contributed by atoms with E-state index in [2.05, 4.69) is 5.32 Å². The van der Waals surface area contributed by atoms with E-state index in [1.54, 1.807) is 34.6 Å². The minimum atomic E-state index is -0.686. The van der Waals surface area contributed by atoms with Gasteiger partial charge in [0.1, 0.15) is 6.29 Å². The number of Topliss-reactive ketones (excluding diaryl/α,β-unsaturated/α-hetero) is 1. The number of carbonyl (C=O) groups is 3. The fourth-order valence-electron chi connectivity index (χ4n) is 0.846. The summed E-state index contributed by atoms with van der Waals surface area (Å²) in [5.74, 6) is -1.01. The number of ketones is 1. The number of allylic oxidation sites excluding steroid dienone is 2. The van der Waals surface area contributed by atoms with Crippen molar-refractivity contribution < 1.29 is 19.1 Å². The molecule has 0 aromatic carbocycles. The van der Waals surface area contributed by atoms with Gasteiger partial charge in [0.25, 0.3) is 11.7 Å². The molecule has 0 rings (SSSR count). The van der Waals surface area contributed by atoms with Gasteiger partial charge in [0.15, 0.2) is 6.61 Å². The van der Waals surface area contributed by atoms with E-state index < -0.39 is 17.2 Å². The molecule has 96 valence electrons. The number of rotatable bonds is 5. The van der Waals surface area contributed by atoms with Crippen LogP contribution >= 0.6 is 0 Å². The maximum absolute atomic E-state index is 11.4. The van der Waals surface area contributed by atoms with Crippen LogP contribution in [0, 0.1) is 0 Å². The number of amides is 1. The first-order valence-corrected chi connectivity index (χ1v) is 5.28. The van der Waals surface area contributed by atoms with E-state index in [0.29, 0.717) is 17.6 Å². The Bertz CT molecular complexity index is 350. The first-order chi connectivity index (χ1) is 7.67. The van der Waals surface area contributed by atoms with Crippen LogP contribution in [0.25, 0.3) is 0 Å². The van der Waals surface area contributed by atoms with Crippen molar-refractivity contribution in [1.29, 1.82) is 0 Å². The van der Waals surface area contributed by atoms with Crippen molar-refractivity contribution in [2.75, 3.05) is 6.61 Å². The van der Waals surface area contributed by atoms with Crippen molar-refractivity contribution in [2.45, 2.75) is 40.2 Å². The Morgan fingerprint density at radius 1 is 1.24 bits per heavy atom. The average Bonchev–Trinajstić information content (AvgIpc) is 2.21. The monoisotopic (exact) mass is 241 g/mol. The van der Waals surface area contributed by atoms with Crippen molar-refractivity contribution >= 4 is 18.0 Å². The molecule has 0 bridgehead atoms. The van der Waals surface area contributed by atoms with E-state index in [-0.39, 0.29) is 6.61 Å². The maximum atomic E-state index is 11.4. The van der Waals surface area contributed by atoms with Crippen molar-refractivity contribution in [1.82, 2.24) is 5.32 Å². The van der Waals surface area contributed by atoms with Crippen LogP contribution in [0.1, 0.15) is 34.6 Å². The molecule has 0 aromatic heterocycles. The first kappa shape index (κ1) is 15.3. The SMILES string of the molecule is C/C(C=O)=C(/C)OCC(=O)C(=O)NC(C)(C)C. The minimum absolute atomic E-state index is 0.344. The van der Waals surface area contributed by atoms with Crippen LogP contribution < -0.4 is 5.32 Å². The molecule has 0 saturated heterocycles. The Morgan fingerprint density at radius 3 is 2.18 bits per heavy atom. The molecule has 0 fully saturated rings. The Balaban J connectivity index is 4.30. The minimum Gasteiger partial charge on any atom is -0.489 e. The van der Waals surface area contributed by atoms with Gasteiger partial charge in [0.2, 0.25) is 0 Å². The quantitative estimate of drug-likeness (QED) is 0.337. The van der Waals surface area contributed by atoms with E-state index >= 15 is 0 Å². The highest BCUT2D eigenvalue weighted by Crippen LogP contribution is 2.03. The highest BCUT2D eigenvalue weighted by molar-refractivity contribution is 6.36. The number of hydrogen-bond donors (Lipinski definition) is 1. The summed E-state index contributed by atoms with van der Waals surface area (Å²) >= 11 is 0. The van der Waals surface area contributed by atoms with Crippen molar-refractivity contribution in [3.05, 3.63) is 11.3 Å². The van der Waals surface area contributed by atoms with Crippen LogP contribution in [0.3, 0.4) is 0 Å². The van der Waals surface area contributed by atoms with Crippen molar-refractivity contribution in [2.24, 2.45) is 0 Å². The normalized spacial score (nSPS) is 12.5. The standard InChI is InChI=1S/C12H19NO4/c1-8(6-14)9(2)17-7-10(15)11(16)13-12(3,4)5/h6H,7H2,1-5H3,(H,13,16)/b9-8+. The van der Waals surface area contributed by atoms with Crippen molar-refractivity contribution in [3.8, 4) is 0 Å². The first-order valence-electron chi connectivity index (χ1n) is 5.28. The molecule has 5 heteroatoms. The fourth-order valence-corrected chi connectivity index (χ4v) is 0.846. The Hall–Kier alpha value is -1.65. The van der Waals surface area contributed by atoms with Crippen LogP contribution in [0.15, 0.2) is 11.3 Å². The van der Waals surface area contributed by atoms with Crippen LogP contribution in [0.5, 0.6) is 0 Å². The van der Waals surface area contributed by atoms with Gasteiger partial charge in [-0.05, 0) is 34.6 Å².